The summed E-state index contributed by atoms with van der Waals surface area (Å²) in [6.45, 7) is 1.69. The van der Waals surface area contributed by atoms with Crippen molar-refractivity contribution in [2.45, 2.75) is 6.92 Å². The predicted octanol–water partition coefficient (Wildman–Crippen LogP) is 2.30. The van der Waals surface area contributed by atoms with Crippen LogP contribution in [0, 0.1) is 11.3 Å². The fourth-order valence-electron chi connectivity index (χ4n) is 0.721. The van der Waals surface area contributed by atoms with Crippen LogP contribution in [0.25, 0.3) is 0 Å². The van der Waals surface area contributed by atoms with Crippen LogP contribution >= 0.6 is 0 Å². The second kappa shape index (κ2) is 3.52. The molecule has 54 valence electrons. The summed E-state index contributed by atoms with van der Waals surface area (Å²) >= 11 is 0. The topological polar surface area (TPSA) is 36.1 Å². The minimum Gasteiger partial charge on any atom is -0.243 e. The molecule has 0 unspecified atom stereocenters. The molecular formula is C9H8N2. The molecule has 1 rings (SSSR count). The van der Waals surface area contributed by atoms with Crippen LogP contribution < -0.4 is 0 Å². The van der Waals surface area contributed by atoms with Gasteiger partial charge in [-0.1, -0.05) is 18.2 Å². The highest BCUT2D eigenvalue weighted by atomic mass is 14.7. The van der Waals surface area contributed by atoms with Crippen molar-refractivity contribution in [1.29, 1.82) is 5.26 Å². The van der Waals surface area contributed by atoms with Crippen molar-refractivity contribution in [2.75, 3.05) is 0 Å². The van der Waals surface area contributed by atoms with Crippen molar-refractivity contribution >= 4 is 11.4 Å². The van der Waals surface area contributed by atoms with Crippen molar-refractivity contribution in [3.05, 3.63) is 30.3 Å². The van der Waals surface area contributed by atoms with E-state index in [9.17, 15) is 0 Å². The molecule has 0 N–H and O–H groups in total. The van der Waals surface area contributed by atoms with Gasteiger partial charge in [-0.05, 0) is 19.1 Å². The predicted molar refractivity (Wildman–Crippen MR) is 44.8 cm³/mol. The van der Waals surface area contributed by atoms with Gasteiger partial charge < -0.3 is 0 Å². The number of hydrogen-bond acceptors (Lipinski definition) is 2. The summed E-state index contributed by atoms with van der Waals surface area (Å²) in [7, 11) is 0. The number of benzene rings is 1. The van der Waals surface area contributed by atoms with Crippen LogP contribution in [0.1, 0.15) is 6.92 Å². The van der Waals surface area contributed by atoms with Gasteiger partial charge in [0.15, 0.2) is 0 Å². The lowest BCUT2D eigenvalue weighted by Crippen LogP contribution is -1.81. The normalized spacial score (nSPS) is 10.7. The maximum Gasteiger partial charge on any atom is 0.115 e. The lowest BCUT2D eigenvalue weighted by Gasteiger charge is -1.89. The summed E-state index contributed by atoms with van der Waals surface area (Å²) in [6.07, 6.45) is 0. The van der Waals surface area contributed by atoms with E-state index < -0.39 is 0 Å². The zero-order valence-electron chi connectivity index (χ0n) is 6.28. The molecule has 0 amide bonds. The van der Waals surface area contributed by atoms with Crippen LogP contribution in [0.15, 0.2) is 35.3 Å². The Bertz CT molecular complexity index is 293. The van der Waals surface area contributed by atoms with E-state index >= 15 is 0 Å². The molecule has 2 nitrogen and oxygen atoms in total. The number of para-hydroxylation sites is 1. The maximum atomic E-state index is 8.42. The standard InChI is InChI=1S/C9H8N2/c1-8(7-10)11-9-5-3-2-4-6-9/h2-6H,1H3. The molecule has 1 aromatic rings. The van der Waals surface area contributed by atoms with Crippen LogP contribution in [0.3, 0.4) is 0 Å². The SMILES string of the molecule is CC(C#N)=Nc1ccccc1. The zero-order chi connectivity index (χ0) is 8.10. The monoisotopic (exact) mass is 144 g/mol. The first kappa shape index (κ1) is 7.49. The Labute approximate surface area is 65.8 Å². The fourth-order valence-corrected chi connectivity index (χ4v) is 0.721. The second-order valence-electron chi connectivity index (χ2n) is 2.14. The number of rotatable bonds is 1. The Hall–Kier alpha value is -1.62. The first-order valence-corrected chi connectivity index (χ1v) is 3.33. The van der Waals surface area contributed by atoms with Crippen molar-refractivity contribution in [3.8, 4) is 6.07 Å². The zero-order valence-corrected chi connectivity index (χ0v) is 6.28. The Morgan fingerprint density at radius 1 is 1.36 bits per heavy atom. The molecule has 0 spiro atoms. The molecule has 0 atom stereocenters. The Morgan fingerprint density at radius 3 is 2.55 bits per heavy atom. The first-order chi connectivity index (χ1) is 5.33. The first-order valence-electron chi connectivity index (χ1n) is 3.33. The van der Waals surface area contributed by atoms with Crippen LogP contribution in [-0.2, 0) is 0 Å². The number of nitrogens with zero attached hydrogens (tertiary/aromatic N) is 2. The van der Waals surface area contributed by atoms with Crippen LogP contribution in [-0.4, -0.2) is 5.71 Å². The smallest absolute Gasteiger partial charge is 0.115 e. The molecule has 0 bridgehead atoms. The fraction of sp³-hybridized carbons (Fsp3) is 0.111. The lowest BCUT2D eigenvalue weighted by atomic mass is 10.3. The summed E-state index contributed by atoms with van der Waals surface area (Å²) in [5.74, 6) is 0. The highest BCUT2D eigenvalue weighted by Gasteiger charge is 1.87. The molecule has 2 heteroatoms. The number of aliphatic imine (C=N–C) groups is 1. The third-order valence-electron chi connectivity index (χ3n) is 1.21. The van der Waals surface area contributed by atoms with Gasteiger partial charge in [-0.15, -0.1) is 0 Å². The van der Waals surface area contributed by atoms with Crippen LogP contribution in [0.5, 0.6) is 0 Å². The largest absolute Gasteiger partial charge is 0.243 e. The third kappa shape index (κ3) is 2.23. The highest BCUT2D eigenvalue weighted by Crippen LogP contribution is 2.09. The maximum absolute atomic E-state index is 8.42. The molecule has 0 aliphatic rings. The molecule has 11 heavy (non-hydrogen) atoms. The molecule has 0 fully saturated rings. The van der Waals surface area contributed by atoms with Gasteiger partial charge in [0.05, 0.1) is 5.69 Å². The lowest BCUT2D eigenvalue weighted by molar-refractivity contribution is 1.48. The van der Waals surface area contributed by atoms with Crippen molar-refractivity contribution in [1.82, 2.24) is 0 Å². The molecule has 0 aliphatic carbocycles. The summed E-state index contributed by atoms with van der Waals surface area (Å²) in [5.41, 5.74) is 1.31. The van der Waals surface area contributed by atoms with Crippen LogP contribution in [0.2, 0.25) is 0 Å². The molecule has 0 saturated carbocycles. The van der Waals surface area contributed by atoms with Gasteiger partial charge in [0.25, 0.3) is 0 Å². The molecular weight excluding hydrogens is 136 g/mol. The van der Waals surface area contributed by atoms with Gasteiger partial charge in [0.2, 0.25) is 0 Å². The van der Waals surface area contributed by atoms with Crippen LogP contribution in [0.4, 0.5) is 5.69 Å². The quantitative estimate of drug-likeness (QED) is 0.557. The molecule has 0 radical (unpaired) electrons. The van der Waals surface area contributed by atoms with Crippen molar-refractivity contribution < 1.29 is 0 Å². The third-order valence-corrected chi connectivity index (χ3v) is 1.21. The van der Waals surface area contributed by atoms with Gasteiger partial charge in [-0.25, -0.2) is 4.99 Å². The Morgan fingerprint density at radius 2 is 2.00 bits per heavy atom. The van der Waals surface area contributed by atoms with Crippen molar-refractivity contribution in [2.24, 2.45) is 4.99 Å². The van der Waals surface area contributed by atoms with E-state index in [1.54, 1.807) is 6.92 Å². The van der Waals surface area contributed by atoms with Gasteiger partial charge >= 0.3 is 0 Å². The molecule has 1 aromatic carbocycles. The number of nitriles is 1. The summed E-state index contributed by atoms with van der Waals surface area (Å²) in [6, 6.07) is 11.4. The van der Waals surface area contributed by atoms with Crippen molar-refractivity contribution in [3.63, 3.8) is 0 Å². The van der Waals surface area contributed by atoms with E-state index in [4.69, 9.17) is 5.26 Å². The average Bonchev–Trinajstić information content (AvgIpc) is 2.06. The van der Waals surface area contributed by atoms with E-state index in [0.29, 0.717) is 5.71 Å². The molecule has 0 saturated heterocycles. The summed E-state index contributed by atoms with van der Waals surface area (Å²) in [5, 5.41) is 8.42. The van der Waals surface area contributed by atoms with E-state index in [1.165, 1.54) is 0 Å². The summed E-state index contributed by atoms with van der Waals surface area (Å²) < 4.78 is 0. The van der Waals surface area contributed by atoms with Gasteiger partial charge in [0, 0.05) is 0 Å². The second-order valence-corrected chi connectivity index (χ2v) is 2.14. The van der Waals surface area contributed by atoms with E-state index in [1.807, 2.05) is 36.4 Å². The minimum atomic E-state index is 0.483. The minimum absolute atomic E-state index is 0.483. The van der Waals surface area contributed by atoms with E-state index in [-0.39, 0.29) is 0 Å². The number of hydrogen-bond donors (Lipinski definition) is 0. The average molecular weight is 144 g/mol. The van der Waals surface area contributed by atoms with Gasteiger partial charge in [-0.2, -0.15) is 5.26 Å². The van der Waals surface area contributed by atoms with Gasteiger partial charge in [0.1, 0.15) is 11.8 Å². The Balaban J connectivity index is 2.90. The molecule has 0 aromatic heterocycles. The molecule has 0 aliphatic heterocycles. The van der Waals surface area contributed by atoms with E-state index in [0.717, 1.165) is 5.69 Å². The Kier molecular flexibility index (Phi) is 2.40. The van der Waals surface area contributed by atoms with Gasteiger partial charge in [-0.3, -0.25) is 0 Å². The molecule has 0 heterocycles. The highest BCUT2D eigenvalue weighted by molar-refractivity contribution is 5.97. The summed E-state index contributed by atoms with van der Waals surface area (Å²) in [4.78, 5) is 4.03. The van der Waals surface area contributed by atoms with E-state index in [2.05, 4.69) is 4.99 Å².